The van der Waals surface area contributed by atoms with Gasteiger partial charge in [-0.15, -0.1) is 0 Å². The van der Waals surface area contributed by atoms with E-state index in [0.29, 0.717) is 22.2 Å². The smallest absolute Gasteiger partial charge is 0.313 e. The van der Waals surface area contributed by atoms with Crippen molar-refractivity contribution < 1.29 is 19.1 Å². The van der Waals surface area contributed by atoms with E-state index in [2.05, 4.69) is 10.6 Å². The molecule has 0 aromatic heterocycles. The molecule has 3 rings (SSSR count). The van der Waals surface area contributed by atoms with Crippen LogP contribution in [0.2, 0.25) is 10.0 Å². The summed E-state index contributed by atoms with van der Waals surface area (Å²) >= 11 is 11.7. The van der Waals surface area contributed by atoms with Crippen LogP contribution in [0.25, 0.3) is 0 Å². The first-order chi connectivity index (χ1) is 11.5. The van der Waals surface area contributed by atoms with Crippen LogP contribution < -0.4 is 20.1 Å². The second-order valence-electron chi connectivity index (χ2n) is 4.95. The highest BCUT2D eigenvalue weighted by Crippen LogP contribution is 2.32. The van der Waals surface area contributed by atoms with E-state index in [-0.39, 0.29) is 18.4 Å². The fourth-order valence-electron chi connectivity index (χ4n) is 2.08. The SMILES string of the molecule is O=C(NCc1ccc2c(c1)OCO2)C(=O)Nc1ccc(Cl)c(Cl)c1. The van der Waals surface area contributed by atoms with E-state index in [0.717, 1.165) is 5.56 Å². The normalized spacial score (nSPS) is 11.9. The second kappa shape index (κ2) is 6.98. The molecule has 0 unspecified atom stereocenters. The van der Waals surface area contributed by atoms with E-state index in [1.165, 1.54) is 12.1 Å². The molecule has 2 aromatic carbocycles. The summed E-state index contributed by atoms with van der Waals surface area (Å²) in [6, 6.07) is 9.83. The van der Waals surface area contributed by atoms with Crippen molar-refractivity contribution in [1.82, 2.24) is 5.32 Å². The molecule has 0 saturated heterocycles. The van der Waals surface area contributed by atoms with E-state index in [1.54, 1.807) is 24.3 Å². The average Bonchev–Trinajstić information content (AvgIpc) is 3.03. The number of hydrogen-bond acceptors (Lipinski definition) is 4. The summed E-state index contributed by atoms with van der Waals surface area (Å²) in [7, 11) is 0. The molecule has 0 fully saturated rings. The molecular formula is C16H12Cl2N2O4. The van der Waals surface area contributed by atoms with Crippen molar-refractivity contribution in [2.24, 2.45) is 0 Å². The number of fused-ring (bicyclic) bond motifs is 1. The van der Waals surface area contributed by atoms with Crippen LogP contribution in [0.5, 0.6) is 11.5 Å². The Bertz CT molecular complexity index is 811. The highest BCUT2D eigenvalue weighted by atomic mass is 35.5. The van der Waals surface area contributed by atoms with E-state index < -0.39 is 11.8 Å². The van der Waals surface area contributed by atoms with Crippen molar-refractivity contribution in [3.8, 4) is 11.5 Å². The molecule has 2 amide bonds. The largest absolute Gasteiger partial charge is 0.454 e. The minimum absolute atomic E-state index is 0.178. The van der Waals surface area contributed by atoms with E-state index >= 15 is 0 Å². The lowest BCUT2D eigenvalue weighted by atomic mass is 10.2. The van der Waals surface area contributed by atoms with Crippen molar-refractivity contribution in [1.29, 1.82) is 0 Å². The summed E-state index contributed by atoms with van der Waals surface area (Å²) in [5.41, 5.74) is 1.17. The predicted molar refractivity (Wildman–Crippen MR) is 89.5 cm³/mol. The quantitative estimate of drug-likeness (QED) is 0.818. The van der Waals surface area contributed by atoms with Crippen LogP contribution in [0.15, 0.2) is 36.4 Å². The maximum atomic E-state index is 11.9. The van der Waals surface area contributed by atoms with Crippen LogP contribution in [-0.2, 0) is 16.1 Å². The van der Waals surface area contributed by atoms with Crippen LogP contribution in [0.1, 0.15) is 5.56 Å². The molecular weight excluding hydrogens is 355 g/mol. The maximum absolute atomic E-state index is 11.9. The van der Waals surface area contributed by atoms with Gasteiger partial charge in [0.2, 0.25) is 6.79 Å². The van der Waals surface area contributed by atoms with Crippen molar-refractivity contribution in [2.75, 3.05) is 12.1 Å². The topological polar surface area (TPSA) is 76.7 Å². The molecule has 1 aliphatic rings. The fourth-order valence-corrected chi connectivity index (χ4v) is 2.37. The number of nitrogens with one attached hydrogen (secondary N) is 2. The molecule has 0 saturated carbocycles. The zero-order chi connectivity index (χ0) is 17.1. The Labute approximate surface area is 147 Å². The van der Waals surface area contributed by atoms with Crippen molar-refractivity contribution in [2.45, 2.75) is 6.54 Å². The van der Waals surface area contributed by atoms with Gasteiger partial charge in [-0.3, -0.25) is 9.59 Å². The second-order valence-corrected chi connectivity index (χ2v) is 5.77. The minimum atomic E-state index is -0.797. The number of benzene rings is 2. The van der Waals surface area contributed by atoms with Gasteiger partial charge in [0.1, 0.15) is 0 Å². The van der Waals surface area contributed by atoms with E-state index in [1.807, 2.05) is 0 Å². The van der Waals surface area contributed by atoms with Gasteiger partial charge in [-0.2, -0.15) is 0 Å². The Balaban J connectivity index is 1.56. The molecule has 1 aliphatic heterocycles. The summed E-state index contributed by atoms with van der Waals surface area (Å²) in [4.78, 5) is 23.7. The third-order valence-corrected chi connectivity index (χ3v) is 4.01. The third kappa shape index (κ3) is 3.72. The summed E-state index contributed by atoms with van der Waals surface area (Å²) in [5.74, 6) is -0.294. The molecule has 2 aromatic rings. The van der Waals surface area contributed by atoms with Crippen LogP contribution in [0.3, 0.4) is 0 Å². The first-order valence-electron chi connectivity index (χ1n) is 6.95. The monoisotopic (exact) mass is 366 g/mol. The molecule has 0 aliphatic carbocycles. The summed E-state index contributed by atoms with van der Waals surface area (Å²) in [6.07, 6.45) is 0. The Hall–Kier alpha value is -2.44. The predicted octanol–water partition coefficient (Wildman–Crippen LogP) is 2.98. The molecule has 0 bridgehead atoms. The van der Waals surface area contributed by atoms with Crippen molar-refractivity contribution in [3.05, 3.63) is 52.0 Å². The Kier molecular flexibility index (Phi) is 4.78. The molecule has 6 nitrogen and oxygen atoms in total. The van der Waals surface area contributed by atoms with E-state index in [9.17, 15) is 9.59 Å². The molecule has 0 spiro atoms. The molecule has 0 radical (unpaired) electrons. The number of rotatable bonds is 3. The number of carbonyl (C=O) groups is 2. The molecule has 124 valence electrons. The summed E-state index contributed by atoms with van der Waals surface area (Å²) in [6.45, 7) is 0.363. The van der Waals surface area contributed by atoms with Crippen LogP contribution in [0, 0.1) is 0 Å². The van der Waals surface area contributed by atoms with Crippen LogP contribution >= 0.6 is 23.2 Å². The molecule has 1 heterocycles. The Morgan fingerprint density at radius 2 is 1.75 bits per heavy atom. The maximum Gasteiger partial charge on any atom is 0.313 e. The number of anilines is 1. The highest BCUT2D eigenvalue weighted by molar-refractivity contribution is 6.42. The standard InChI is InChI=1S/C16H12Cl2N2O4/c17-11-3-2-10(6-12(11)18)20-16(22)15(21)19-7-9-1-4-13-14(5-9)24-8-23-13/h1-6H,7-8H2,(H,19,21)(H,20,22). The fraction of sp³-hybridized carbons (Fsp3) is 0.125. The number of carbonyl (C=O) groups excluding carboxylic acids is 2. The van der Waals surface area contributed by atoms with Gasteiger partial charge >= 0.3 is 11.8 Å². The van der Waals surface area contributed by atoms with Gasteiger partial charge in [0.25, 0.3) is 0 Å². The van der Waals surface area contributed by atoms with E-state index in [4.69, 9.17) is 32.7 Å². The van der Waals surface area contributed by atoms with Gasteiger partial charge in [-0.1, -0.05) is 29.3 Å². The lowest BCUT2D eigenvalue weighted by Gasteiger charge is -2.08. The van der Waals surface area contributed by atoms with Gasteiger partial charge in [-0.05, 0) is 35.9 Å². The van der Waals surface area contributed by atoms with Gasteiger partial charge in [0.05, 0.1) is 10.0 Å². The number of amides is 2. The molecule has 2 N–H and O–H groups in total. The lowest BCUT2D eigenvalue weighted by molar-refractivity contribution is -0.136. The number of hydrogen-bond donors (Lipinski definition) is 2. The molecule has 0 atom stereocenters. The first kappa shape index (κ1) is 16.4. The minimum Gasteiger partial charge on any atom is -0.454 e. The van der Waals surface area contributed by atoms with Gasteiger partial charge in [-0.25, -0.2) is 0 Å². The Morgan fingerprint density at radius 1 is 0.958 bits per heavy atom. The third-order valence-electron chi connectivity index (χ3n) is 3.27. The average molecular weight is 367 g/mol. The van der Waals surface area contributed by atoms with Crippen molar-refractivity contribution in [3.63, 3.8) is 0 Å². The van der Waals surface area contributed by atoms with Gasteiger partial charge in [0, 0.05) is 12.2 Å². The van der Waals surface area contributed by atoms with Crippen LogP contribution in [-0.4, -0.2) is 18.6 Å². The number of halogens is 2. The van der Waals surface area contributed by atoms with Gasteiger partial charge in [0.15, 0.2) is 11.5 Å². The van der Waals surface area contributed by atoms with Crippen LogP contribution in [0.4, 0.5) is 5.69 Å². The zero-order valence-corrected chi connectivity index (χ0v) is 13.8. The van der Waals surface area contributed by atoms with Crippen molar-refractivity contribution >= 4 is 40.7 Å². The zero-order valence-electron chi connectivity index (χ0n) is 12.3. The molecule has 24 heavy (non-hydrogen) atoms. The Morgan fingerprint density at radius 3 is 2.54 bits per heavy atom. The summed E-state index contributed by atoms with van der Waals surface area (Å²) < 4.78 is 10.5. The summed E-state index contributed by atoms with van der Waals surface area (Å²) in [5, 5.41) is 5.63. The molecule has 8 heteroatoms. The van der Waals surface area contributed by atoms with Gasteiger partial charge < -0.3 is 20.1 Å². The number of ether oxygens (including phenoxy) is 2. The first-order valence-corrected chi connectivity index (χ1v) is 7.71. The highest BCUT2D eigenvalue weighted by Gasteiger charge is 2.16. The lowest BCUT2D eigenvalue weighted by Crippen LogP contribution is -2.34.